The fourth-order valence-electron chi connectivity index (χ4n) is 5.68. The monoisotopic (exact) mass is 511 g/mol. The van der Waals surface area contributed by atoms with Crippen LogP contribution in [0, 0.1) is 0 Å². The number of nitrogens with two attached hydrogens (primary N) is 1. The predicted molar refractivity (Wildman–Crippen MR) is 106 cm³/mol. The Hall–Kier alpha value is -2.48. The molecule has 0 radical (unpaired) electrons. The lowest BCUT2D eigenvalue weighted by Gasteiger charge is -2.75. The molecule has 0 amide bonds. The summed E-state index contributed by atoms with van der Waals surface area (Å²) < 4.78 is 108. The summed E-state index contributed by atoms with van der Waals surface area (Å²) in [5, 5.41) is 9.98. The molecule has 2 aromatic rings. The van der Waals surface area contributed by atoms with Gasteiger partial charge in [0.25, 0.3) is 5.92 Å². The first kappa shape index (κ1) is 24.2. The number of hydrogen-bond donors (Lipinski definition) is 2. The molecule has 1 aliphatic heterocycles. The first-order chi connectivity index (χ1) is 16.1. The van der Waals surface area contributed by atoms with Crippen molar-refractivity contribution in [2.75, 3.05) is 18.8 Å². The lowest BCUT2D eigenvalue weighted by Crippen LogP contribution is -2.79. The Labute approximate surface area is 193 Å². The van der Waals surface area contributed by atoms with E-state index < -0.39 is 52.7 Å². The van der Waals surface area contributed by atoms with Crippen molar-refractivity contribution in [1.29, 1.82) is 0 Å². The fraction of sp³-hybridized carbons (Fsp3) is 0.619. The molecule has 6 nitrogen and oxygen atoms in total. The van der Waals surface area contributed by atoms with Crippen molar-refractivity contribution >= 4 is 5.82 Å². The van der Waals surface area contributed by atoms with E-state index in [1.807, 2.05) is 4.90 Å². The van der Waals surface area contributed by atoms with Crippen molar-refractivity contribution in [2.24, 2.45) is 0 Å². The number of aromatic nitrogens is 3. The second-order valence-electron chi connectivity index (χ2n) is 9.78. The molecule has 2 aromatic heterocycles. The molecule has 6 rings (SSSR count). The molecule has 3 N–H and O–H groups in total. The molecule has 2 bridgehead atoms. The van der Waals surface area contributed by atoms with Gasteiger partial charge in [0.15, 0.2) is 0 Å². The summed E-state index contributed by atoms with van der Waals surface area (Å²) in [4.78, 5) is 9.29. The summed E-state index contributed by atoms with van der Waals surface area (Å²) >= 11 is 0. The maximum absolute atomic E-state index is 13.5. The topological polar surface area (TPSA) is 80.2 Å². The summed E-state index contributed by atoms with van der Waals surface area (Å²) in [6.45, 7) is 0.348. The number of hydrogen-bond acceptors (Lipinski definition) is 5. The Morgan fingerprint density at radius 3 is 2.14 bits per heavy atom. The van der Waals surface area contributed by atoms with Crippen molar-refractivity contribution in [2.45, 2.75) is 67.6 Å². The molecule has 14 heteroatoms. The number of aliphatic hydroxyl groups excluding tert-OH is 1. The van der Waals surface area contributed by atoms with Gasteiger partial charge in [0.2, 0.25) is 6.10 Å². The molecule has 4 aliphatic rings. The quantitative estimate of drug-likeness (QED) is 0.591. The molecule has 1 atom stereocenters. The molecule has 0 spiro atoms. The van der Waals surface area contributed by atoms with Gasteiger partial charge in [-0.1, -0.05) is 0 Å². The van der Waals surface area contributed by atoms with Gasteiger partial charge in [-0.25, -0.2) is 18.7 Å². The third-order valence-electron chi connectivity index (χ3n) is 7.46. The number of halogens is 8. The average Bonchev–Trinajstić information content (AvgIpc) is 3.10. The van der Waals surface area contributed by atoms with E-state index >= 15 is 0 Å². The normalized spacial score (nSPS) is 29.4. The number of alkyl halides is 8. The first-order valence-electron chi connectivity index (χ1n) is 10.9. The number of aliphatic hydroxyl groups is 1. The third-order valence-corrected chi connectivity index (χ3v) is 7.46. The van der Waals surface area contributed by atoms with E-state index in [4.69, 9.17) is 5.73 Å². The number of nitrogens with zero attached hydrogens (tertiary/aromatic N) is 4. The molecule has 192 valence electrons. The second kappa shape index (κ2) is 7.28. The van der Waals surface area contributed by atoms with Crippen LogP contribution < -0.4 is 5.73 Å². The number of rotatable bonds is 4. The van der Waals surface area contributed by atoms with E-state index in [1.54, 1.807) is 0 Å². The molecule has 0 aromatic carbocycles. The molecular weight excluding hydrogens is 490 g/mol. The van der Waals surface area contributed by atoms with Crippen LogP contribution in [0.5, 0.6) is 0 Å². The Morgan fingerprint density at radius 2 is 1.60 bits per heavy atom. The van der Waals surface area contributed by atoms with Gasteiger partial charge < -0.3 is 15.4 Å². The highest BCUT2D eigenvalue weighted by Gasteiger charge is 2.72. The van der Waals surface area contributed by atoms with Crippen molar-refractivity contribution in [1.82, 2.24) is 19.4 Å². The molecule has 3 aliphatic carbocycles. The molecule has 4 fully saturated rings. The Kier molecular flexibility index (Phi) is 5.04. The average molecular weight is 511 g/mol. The highest BCUT2D eigenvalue weighted by molar-refractivity contribution is 5.62. The number of pyridine rings is 1. The molecule has 0 unspecified atom stereocenters. The summed E-state index contributed by atoms with van der Waals surface area (Å²) in [6.07, 6.45) is -10.2. The summed E-state index contributed by atoms with van der Waals surface area (Å²) in [5.74, 6) is -4.26. The van der Waals surface area contributed by atoms with Crippen LogP contribution in [0.2, 0.25) is 0 Å². The van der Waals surface area contributed by atoms with Gasteiger partial charge in [0.05, 0.1) is 16.8 Å². The van der Waals surface area contributed by atoms with Crippen LogP contribution in [0.4, 0.5) is 40.9 Å². The van der Waals surface area contributed by atoms with Crippen LogP contribution in [-0.4, -0.2) is 55.3 Å². The van der Waals surface area contributed by atoms with Crippen LogP contribution in [0.15, 0.2) is 18.5 Å². The second-order valence-corrected chi connectivity index (χ2v) is 9.78. The van der Waals surface area contributed by atoms with Crippen molar-refractivity contribution in [3.8, 4) is 11.3 Å². The van der Waals surface area contributed by atoms with Gasteiger partial charge >= 0.3 is 12.4 Å². The Bertz CT molecular complexity index is 1130. The maximum atomic E-state index is 13.5. The van der Waals surface area contributed by atoms with Crippen LogP contribution in [-0.2, 0) is 11.7 Å². The summed E-state index contributed by atoms with van der Waals surface area (Å²) in [5.41, 5.74) is 2.38. The van der Waals surface area contributed by atoms with E-state index in [2.05, 4.69) is 9.97 Å². The summed E-state index contributed by atoms with van der Waals surface area (Å²) in [6, 6.07) is 0.649. The third kappa shape index (κ3) is 3.85. The number of likely N-dealkylation sites (tertiary alicyclic amines) is 1. The van der Waals surface area contributed by atoms with Gasteiger partial charge in [0.1, 0.15) is 11.6 Å². The van der Waals surface area contributed by atoms with Crippen molar-refractivity contribution < 1.29 is 40.2 Å². The summed E-state index contributed by atoms with van der Waals surface area (Å²) in [7, 11) is 0. The van der Waals surface area contributed by atoms with Gasteiger partial charge in [0, 0.05) is 49.4 Å². The van der Waals surface area contributed by atoms with Crippen LogP contribution in [0.25, 0.3) is 11.3 Å². The zero-order valence-corrected chi connectivity index (χ0v) is 18.1. The van der Waals surface area contributed by atoms with Gasteiger partial charge in [-0.3, -0.25) is 4.90 Å². The molecule has 3 heterocycles. The van der Waals surface area contributed by atoms with E-state index in [-0.39, 0.29) is 37.2 Å². The van der Waals surface area contributed by atoms with E-state index in [0.29, 0.717) is 25.3 Å². The number of piperidine rings is 1. The van der Waals surface area contributed by atoms with E-state index in [9.17, 15) is 40.2 Å². The molecular formula is C21H21F8N5O. The van der Waals surface area contributed by atoms with Crippen LogP contribution in [0.1, 0.15) is 49.6 Å². The van der Waals surface area contributed by atoms with Crippen molar-refractivity contribution in [3.05, 3.63) is 29.8 Å². The molecule has 3 saturated carbocycles. The smallest absolute Gasteiger partial charge is 0.383 e. The van der Waals surface area contributed by atoms with E-state index in [1.165, 1.54) is 10.8 Å². The number of anilines is 1. The number of imidazole rings is 1. The lowest BCUT2D eigenvalue weighted by atomic mass is 9.43. The van der Waals surface area contributed by atoms with Gasteiger partial charge in [-0.15, -0.1) is 0 Å². The predicted octanol–water partition coefficient (Wildman–Crippen LogP) is 4.50. The highest BCUT2D eigenvalue weighted by atomic mass is 19.4. The Balaban J connectivity index is 1.47. The van der Waals surface area contributed by atoms with Crippen LogP contribution in [0.3, 0.4) is 0 Å². The zero-order valence-electron chi connectivity index (χ0n) is 18.1. The highest BCUT2D eigenvalue weighted by Crippen LogP contribution is 2.69. The number of nitrogen functional groups attached to an aromatic ring is 1. The fourth-order valence-corrected chi connectivity index (χ4v) is 5.68. The first-order valence-corrected chi connectivity index (χ1v) is 10.9. The zero-order chi connectivity index (χ0) is 25.6. The maximum Gasteiger partial charge on any atom is 0.421 e. The minimum atomic E-state index is -5.06. The Morgan fingerprint density at radius 1 is 1.00 bits per heavy atom. The molecule has 35 heavy (non-hydrogen) atoms. The van der Waals surface area contributed by atoms with Crippen LogP contribution >= 0.6 is 0 Å². The molecule has 1 saturated heterocycles. The van der Waals surface area contributed by atoms with E-state index in [0.717, 1.165) is 6.20 Å². The standard InChI is InChI=1S/C21H21F8N5O/c22-19(23)1-3-33(4-2-19)17-8-18(9-17,10-17)34-7-13(32-16(34)14(35)21(27,28)29)11-5-12(20(24,25)26)15(30)31-6-11/h5-7,14,35H,1-4,8-10H2,(H2,30,31)/t14-,17?,18?/m0/s1. The van der Waals surface area contributed by atoms with Crippen molar-refractivity contribution in [3.63, 3.8) is 0 Å². The SMILES string of the molecule is Nc1ncc(-c2cn(C34CC(N5CCC(F)(F)CC5)(C3)C4)c([C@H](O)C(F)(F)F)n2)cc1C(F)(F)F. The van der Waals surface area contributed by atoms with Gasteiger partial charge in [-0.2, -0.15) is 26.3 Å². The largest absolute Gasteiger partial charge is 0.421 e. The minimum absolute atomic E-state index is 0.174. The minimum Gasteiger partial charge on any atom is -0.383 e. The van der Waals surface area contributed by atoms with Gasteiger partial charge in [-0.05, 0) is 25.3 Å². The lowest BCUT2D eigenvalue weighted by molar-refractivity contribution is -0.233.